The van der Waals surface area contributed by atoms with E-state index in [0.29, 0.717) is 19.6 Å². The van der Waals surface area contributed by atoms with Crippen LogP contribution in [0.15, 0.2) is 17.4 Å². The number of rotatable bonds is 5. The molecule has 1 aromatic heterocycles. The fraction of sp³-hybridized carbons (Fsp3) is 0.750. The normalized spacial score (nSPS) is 19.4. The molecule has 2 heterocycles. The fourth-order valence-corrected chi connectivity index (χ4v) is 4.12. The van der Waals surface area contributed by atoms with Crippen LogP contribution in [-0.2, 0) is 16.4 Å². The molecule has 1 aliphatic rings. The number of nitrogens with zero attached hydrogens (tertiary/aromatic N) is 4. The Bertz CT molecular complexity index is 684. The number of aliphatic imine (C=N–C) groups is 1. The molecule has 1 N–H and O–H groups in total. The molecule has 25 heavy (non-hydrogen) atoms. The minimum absolute atomic E-state index is 0. The number of aryl methyl sites for hydroxylation is 2. The summed E-state index contributed by atoms with van der Waals surface area (Å²) in [6.07, 6.45) is 4.77. The Labute approximate surface area is 168 Å². The number of guanidine groups is 1. The summed E-state index contributed by atoms with van der Waals surface area (Å²) in [6.45, 7) is 10.9. The molecule has 7 nitrogen and oxygen atoms in total. The highest BCUT2D eigenvalue weighted by molar-refractivity contribution is 14.0. The average molecular weight is 483 g/mol. The van der Waals surface area contributed by atoms with E-state index < -0.39 is 14.6 Å². The van der Waals surface area contributed by atoms with Crippen molar-refractivity contribution in [2.75, 3.05) is 31.9 Å². The van der Waals surface area contributed by atoms with Gasteiger partial charge in [-0.2, -0.15) is 5.10 Å². The highest BCUT2D eigenvalue weighted by Crippen LogP contribution is 2.23. The van der Waals surface area contributed by atoms with Crippen LogP contribution in [0.1, 0.15) is 32.8 Å². The lowest BCUT2D eigenvalue weighted by molar-refractivity contribution is 0.353. The molecular weight excluding hydrogens is 453 g/mol. The Morgan fingerprint density at radius 3 is 2.72 bits per heavy atom. The van der Waals surface area contributed by atoms with Crippen LogP contribution in [0.5, 0.6) is 0 Å². The van der Waals surface area contributed by atoms with Crippen LogP contribution >= 0.6 is 24.0 Å². The quantitative estimate of drug-likeness (QED) is 0.299. The van der Waals surface area contributed by atoms with Crippen molar-refractivity contribution in [2.45, 2.75) is 45.4 Å². The van der Waals surface area contributed by atoms with E-state index in [0.717, 1.165) is 31.0 Å². The van der Waals surface area contributed by atoms with E-state index in [4.69, 9.17) is 0 Å². The number of aromatic nitrogens is 2. The topological polar surface area (TPSA) is 79.6 Å². The van der Waals surface area contributed by atoms with Gasteiger partial charge in [-0.15, -0.1) is 24.0 Å². The first-order valence-electron chi connectivity index (χ1n) is 8.50. The van der Waals surface area contributed by atoms with Gasteiger partial charge in [0.25, 0.3) is 0 Å². The molecule has 1 aromatic rings. The summed E-state index contributed by atoms with van der Waals surface area (Å²) in [5, 5.41) is 7.55. The van der Waals surface area contributed by atoms with Gasteiger partial charge in [0, 0.05) is 38.9 Å². The third kappa shape index (κ3) is 5.83. The molecule has 1 fully saturated rings. The Balaban J connectivity index is 0.00000312. The zero-order valence-electron chi connectivity index (χ0n) is 15.5. The van der Waals surface area contributed by atoms with E-state index in [2.05, 4.69) is 20.3 Å². The van der Waals surface area contributed by atoms with E-state index in [9.17, 15) is 8.42 Å². The van der Waals surface area contributed by atoms with Gasteiger partial charge >= 0.3 is 0 Å². The zero-order valence-corrected chi connectivity index (χ0v) is 18.7. The van der Waals surface area contributed by atoms with Crippen molar-refractivity contribution in [1.29, 1.82) is 0 Å². The molecular formula is C16H30IN5O2S. The minimum Gasteiger partial charge on any atom is -0.357 e. The van der Waals surface area contributed by atoms with Gasteiger partial charge in [0.2, 0.25) is 0 Å². The van der Waals surface area contributed by atoms with Crippen molar-refractivity contribution < 1.29 is 8.42 Å². The first-order valence-corrected chi connectivity index (χ1v) is 10.1. The number of sulfone groups is 1. The van der Waals surface area contributed by atoms with Crippen molar-refractivity contribution >= 4 is 39.8 Å². The van der Waals surface area contributed by atoms with Gasteiger partial charge in [-0.1, -0.05) is 0 Å². The van der Waals surface area contributed by atoms with Gasteiger partial charge in [0.15, 0.2) is 15.8 Å². The average Bonchev–Trinajstić information content (AvgIpc) is 2.91. The van der Waals surface area contributed by atoms with Crippen LogP contribution < -0.4 is 5.32 Å². The second kappa shape index (κ2) is 9.20. The van der Waals surface area contributed by atoms with Crippen LogP contribution in [0.2, 0.25) is 0 Å². The molecule has 0 aromatic carbocycles. The molecule has 0 radical (unpaired) electrons. The molecule has 2 rings (SSSR count). The predicted octanol–water partition coefficient (Wildman–Crippen LogP) is 1.67. The molecule has 0 bridgehead atoms. The summed E-state index contributed by atoms with van der Waals surface area (Å²) in [6, 6.07) is 0. The van der Waals surface area contributed by atoms with E-state index in [1.165, 1.54) is 0 Å². The summed E-state index contributed by atoms with van der Waals surface area (Å²) >= 11 is 0. The summed E-state index contributed by atoms with van der Waals surface area (Å²) < 4.78 is 25.5. The minimum atomic E-state index is -3.04. The molecule has 144 valence electrons. The van der Waals surface area contributed by atoms with Gasteiger partial charge < -0.3 is 10.2 Å². The molecule has 1 aliphatic heterocycles. The Morgan fingerprint density at radius 2 is 2.16 bits per heavy atom. The van der Waals surface area contributed by atoms with Crippen molar-refractivity contribution in [3.05, 3.63) is 18.0 Å². The highest BCUT2D eigenvalue weighted by Gasteiger charge is 2.40. The maximum atomic E-state index is 12.2. The smallest absolute Gasteiger partial charge is 0.193 e. The lowest BCUT2D eigenvalue weighted by Gasteiger charge is -2.39. The highest BCUT2D eigenvalue weighted by atomic mass is 127. The number of hydrogen-bond acceptors (Lipinski definition) is 4. The van der Waals surface area contributed by atoms with Crippen LogP contribution in [-0.4, -0.2) is 65.7 Å². The monoisotopic (exact) mass is 483 g/mol. The zero-order chi connectivity index (χ0) is 17.8. The maximum absolute atomic E-state index is 12.2. The van der Waals surface area contributed by atoms with E-state index in [1.54, 1.807) is 13.8 Å². The molecule has 0 unspecified atom stereocenters. The number of halogens is 1. The summed E-state index contributed by atoms with van der Waals surface area (Å²) in [4.78, 5) is 6.73. The predicted molar refractivity (Wildman–Crippen MR) is 112 cm³/mol. The fourth-order valence-electron chi connectivity index (χ4n) is 2.76. The van der Waals surface area contributed by atoms with E-state index >= 15 is 0 Å². The molecule has 1 saturated heterocycles. The van der Waals surface area contributed by atoms with Crippen molar-refractivity contribution in [2.24, 2.45) is 4.99 Å². The lowest BCUT2D eigenvalue weighted by atomic mass is 10.2. The largest absolute Gasteiger partial charge is 0.357 e. The summed E-state index contributed by atoms with van der Waals surface area (Å²) in [7, 11) is -3.04. The first kappa shape index (κ1) is 22.2. The Hall–Kier alpha value is -0.840. The van der Waals surface area contributed by atoms with Crippen LogP contribution in [0.3, 0.4) is 0 Å². The molecule has 0 amide bonds. The Kier molecular flexibility index (Phi) is 8.17. The van der Waals surface area contributed by atoms with Gasteiger partial charge in [0.05, 0.1) is 16.7 Å². The number of hydrogen-bond donors (Lipinski definition) is 1. The first-order chi connectivity index (χ1) is 11.2. The third-order valence-electron chi connectivity index (χ3n) is 4.25. The van der Waals surface area contributed by atoms with Crippen LogP contribution in [0, 0.1) is 6.92 Å². The summed E-state index contributed by atoms with van der Waals surface area (Å²) in [5.41, 5.74) is 1.16. The van der Waals surface area contributed by atoms with E-state index in [-0.39, 0.29) is 29.7 Å². The van der Waals surface area contributed by atoms with Gasteiger partial charge in [-0.25, -0.2) is 8.42 Å². The molecule has 0 aliphatic carbocycles. The second-order valence-corrected chi connectivity index (χ2v) is 9.61. The van der Waals surface area contributed by atoms with Gasteiger partial charge in [0.1, 0.15) is 0 Å². The molecule has 0 saturated carbocycles. The van der Waals surface area contributed by atoms with Crippen LogP contribution in [0.25, 0.3) is 0 Å². The standard InChI is InChI=1S/C16H29N5O2S.HI/c1-5-17-15(18-7-6-8-21-12-14(2)11-19-21)20-9-10-24(22,23)16(3,4)13-20;/h11-12H,5-10,13H2,1-4H3,(H,17,18);1H. The van der Waals surface area contributed by atoms with Crippen molar-refractivity contribution in [3.63, 3.8) is 0 Å². The SMILES string of the molecule is CCNC(=NCCCn1cc(C)cn1)N1CCS(=O)(=O)C(C)(C)C1.I. The second-order valence-electron chi connectivity index (χ2n) is 6.87. The lowest BCUT2D eigenvalue weighted by Crippen LogP contribution is -2.57. The van der Waals surface area contributed by atoms with Gasteiger partial charge in [-0.3, -0.25) is 9.67 Å². The Morgan fingerprint density at radius 1 is 1.44 bits per heavy atom. The molecule has 9 heteroatoms. The van der Waals surface area contributed by atoms with Crippen LogP contribution in [0.4, 0.5) is 0 Å². The molecule has 0 spiro atoms. The maximum Gasteiger partial charge on any atom is 0.193 e. The number of nitrogens with one attached hydrogen (secondary N) is 1. The van der Waals surface area contributed by atoms with Crippen molar-refractivity contribution in [1.82, 2.24) is 20.0 Å². The van der Waals surface area contributed by atoms with E-state index in [1.807, 2.05) is 30.9 Å². The summed E-state index contributed by atoms with van der Waals surface area (Å²) in [5.74, 6) is 0.980. The molecule has 0 atom stereocenters. The van der Waals surface area contributed by atoms with Gasteiger partial charge in [-0.05, 0) is 39.7 Å². The third-order valence-corrected chi connectivity index (χ3v) is 6.78. The van der Waals surface area contributed by atoms with Crippen molar-refractivity contribution in [3.8, 4) is 0 Å².